The maximum atomic E-state index is 6.23. The molecule has 4 nitrogen and oxygen atoms in total. The molecule has 18 heavy (non-hydrogen) atoms. The molecule has 2 N–H and O–H groups in total. The van der Waals surface area contributed by atoms with Crippen molar-refractivity contribution in [3.8, 4) is 5.75 Å². The van der Waals surface area contributed by atoms with E-state index in [0.717, 1.165) is 46.6 Å². The standard InChI is InChI=1S/C14H16N2O2/c1-2-18-9-3-4-12-10(7-9)14(15)11-8-17-6-5-13(11)16-12/h3-4,7H,2,5-6,8H2,1H3,(H2,15,16). The highest BCUT2D eigenvalue weighted by Crippen LogP contribution is 2.31. The zero-order valence-electron chi connectivity index (χ0n) is 10.4. The molecule has 1 aromatic carbocycles. The molecule has 0 saturated heterocycles. The molecule has 2 aromatic rings. The first kappa shape index (κ1) is 11.3. The first-order valence-electron chi connectivity index (χ1n) is 6.21. The van der Waals surface area contributed by atoms with Crippen molar-refractivity contribution in [1.29, 1.82) is 0 Å². The number of pyridine rings is 1. The minimum absolute atomic E-state index is 0.559. The molecule has 3 rings (SSSR count). The Labute approximate surface area is 106 Å². The van der Waals surface area contributed by atoms with Crippen LogP contribution in [0.4, 0.5) is 5.69 Å². The van der Waals surface area contributed by atoms with E-state index >= 15 is 0 Å². The summed E-state index contributed by atoms with van der Waals surface area (Å²) in [6, 6.07) is 5.85. The number of fused-ring (bicyclic) bond motifs is 2. The van der Waals surface area contributed by atoms with E-state index in [9.17, 15) is 0 Å². The largest absolute Gasteiger partial charge is 0.494 e. The van der Waals surface area contributed by atoms with Gasteiger partial charge in [0.1, 0.15) is 5.75 Å². The number of hydrogen-bond acceptors (Lipinski definition) is 4. The third-order valence-electron chi connectivity index (χ3n) is 3.23. The highest BCUT2D eigenvalue weighted by Gasteiger charge is 2.17. The summed E-state index contributed by atoms with van der Waals surface area (Å²) in [6.45, 7) is 3.89. The number of benzene rings is 1. The Hall–Kier alpha value is -1.81. The Balaban J connectivity index is 2.19. The summed E-state index contributed by atoms with van der Waals surface area (Å²) in [4.78, 5) is 4.66. The van der Waals surface area contributed by atoms with Crippen LogP contribution in [-0.4, -0.2) is 18.2 Å². The van der Waals surface area contributed by atoms with Gasteiger partial charge in [-0.1, -0.05) is 0 Å². The zero-order chi connectivity index (χ0) is 12.5. The molecule has 1 aliphatic rings. The quantitative estimate of drug-likeness (QED) is 0.880. The lowest BCUT2D eigenvalue weighted by atomic mass is 10.0. The number of hydrogen-bond donors (Lipinski definition) is 1. The Morgan fingerprint density at radius 2 is 2.33 bits per heavy atom. The van der Waals surface area contributed by atoms with Crippen molar-refractivity contribution < 1.29 is 9.47 Å². The molecule has 4 heteroatoms. The summed E-state index contributed by atoms with van der Waals surface area (Å²) >= 11 is 0. The highest BCUT2D eigenvalue weighted by molar-refractivity contribution is 5.93. The number of aromatic nitrogens is 1. The fourth-order valence-electron chi connectivity index (χ4n) is 2.33. The van der Waals surface area contributed by atoms with Crippen LogP contribution in [-0.2, 0) is 17.8 Å². The first-order valence-corrected chi connectivity index (χ1v) is 6.21. The van der Waals surface area contributed by atoms with E-state index in [0.29, 0.717) is 13.2 Å². The van der Waals surface area contributed by atoms with Crippen LogP contribution in [0.25, 0.3) is 10.9 Å². The lowest BCUT2D eigenvalue weighted by Crippen LogP contribution is -2.14. The average Bonchev–Trinajstić information content (AvgIpc) is 2.40. The van der Waals surface area contributed by atoms with E-state index in [2.05, 4.69) is 4.98 Å². The third-order valence-corrected chi connectivity index (χ3v) is 3.23. The van der Waals surface area contributed by atoms with E-state index in [1.807, 2.05) is 25.1 Å². The van der Waals surface area contributed by atoms with Crippen LogP contribution in [0.15, 0.2) is 18.2 Å². The van der Waals surface area contributed by atoms with Gasteiger partial charge >= 0.3 is 0 Å². The van der Waals surface area contributed by atoms with E-state index < -0.39 is 0 Å². The SMILES string of the molecule is CCOc1ccc2nc3c(c(N)c2c1)COCC3. The predicted molar refractivity (Wildman–Crippen MR) is 70.7 cm³/mol. The summed E-state index contributed by atoms with van der Waals surface area (Å²) in [5.74, 6) is 0.829. The molecule has 1 aliphatic heterocycles. The first-order chi connectivity index (χ1) is 8.79. The van der Waals surface area contributed by atoms with Gasteiger partial charge < -0.3 is 15.2 Å². The minimum Gasteiger partial charge on any atom is -0.494 e. The van der Waals surface area contributed by atoms with Crippen molar-refractivity contribution in [2.75, 3.05) is 18.9 Å². The van der Waals surface area contributed by atoms with Crippen molar-refractivity contribution in [2.24, 2.45) is 0 Å². The van der Waals surface area contributed by atoms with Crippen molar-refractivity contribution >= 4 is 16.6 Å². The molecule has 0 bridgehead atoms. The fourth-order valence-corrected chi connectivity index (χ4v) is 2.33. The summed E-state index contributed by atoms with van der Waals surface area (Å²) in [5, 5.41) is 0.949. The van der Waals surface area contributed by atoms with E-state index in [1.165, 1.54) is 0 Å². The van der Waals surface area contributed by atoms with Crippen molar-refractivity contribution in [1.82, 2.24) is 4.98 Å². The molecule has 94 valence electrons. The molecule has 0 aliphatic carbocycles. The Morgan fingerprint density at radius 3 is 3.17 bits per heavy atom. The molecule has 0 radical (unpaired) electrons. The van der Waals surface area contributed by atoms with Crippen molar-refractivity contribution in [3.63, 3.8) is 0 Å². The molecule has 0 fully saturated rings. The summed E-state index contributed by atoms with van der Waals surface area (Å²) in [5.41, 5.74) is 10.0. The minimum atomic E-state index is 0.559. The van der Waals surface area contributed by atoms with Gasteiger partial charge in [0.05, 0.1) is 31.0 Å². The third kappa shape index (κ3) is 1.78. The van der Waals surface area contributed by atoms with Crippen LogP contribution >= 0.6 is 0 Å². The summed E-state index contributed by atoms with van der Waals surface area (Å²) in [6.07, 6.45) is 0.836. The molecule has 0 atom stereocenters. The van der Waals surface area contributed by atoms with E-state index in [4.69, 9.17) is 15.2 Å². The summed E-state index contributed by atoms with van der Waals surface area (Å²) < 4.78 is 11.0. The van der Waals surface area contributed by atoms with Gasteiger partial charge in [0.2, 0.25) is 0 Å². The normalized spacial score (nSPS) is 14.5. The van der Waals surface area contributed by atoms with Crippen molar-refractivity contribution in [3.05, 3.63) is 29.5 Å². The van der Waals surface area contributed by atoms with Crippen LogP contribution in [0.2, 0.25) is 0 Å². The maximum Gasteiger partial charge on any atom is 0.120 e. The Morgan fingerprint density at radius 1 is 1.44 bits per heavy atom. The highest BCUT2D eigenvalue weighted by atomic mass is 16.5. The molecule has 2 heterocycles. The molecule has 1 aromatic heterocycles. The van der Waals surface area contributed by atoms with Gasteiger partial charge in [-0.25, -0.2) is 0 Å². The van der Waals surface area contributed by atoms with Crippen LogP contribution in [0.3, 0.4) is 0 Å². The monoisotopic (exact) mass is 244 g/mol. The molecular formula is C14H16N2O2. The van der Waals surface area contributed by atoms with Crippen LogP contribution in [0.5, 0.6) is 5.75 Å². The number of nitrogens with zero attached hydrogens (tertiary/aromatic N) is 1. The second kappa shape index (κ2) is 4.46. The van der Waals surface area contributed by atoms with Gasteiger partial charge in [0, 0.05) is 23.1 Å². The second-order valence-electron chi connectivity index (χ2n) is 4.37. The molecule has 0 unspecified atom stereocenters. The Kier molecular flexibility index (Phi) is 2.80. The lowest BCUT2D eigenvalue weighted by molar-refractivity contribution is 0.110. The molecular weight excluding hydrogens is 228 g/mol. The molecule has 0 spiro atoms. The van der Waals surface area contributed by atoms with E-state index in [-0.39, 0.29) is 0 Å². The number of rotatable bonds is 2. The summed E-state index contributed by atoms with van der Waals surface area (Å²) in [7, 11) is 0. The van der Waals surface area contributed by atoms with Crippen molar-refractivity contribution in [2.45, 2.75) is 20.0 Å². The molecule has 0 amide bonds. The second-order valence-corrected chi connectivity index (χ2v) is 4.37. The van der Waals surface area contributed by atoms with Gasteiger partial charge in [0.25, 0.3) is 0 Å². The number of ether oxygens (including phenoxy) is 2. The van der Waals surface area contributed by atoms with Gasteiger partial charge in [-0.05, 0) is 25.1 Å². The topological polar surface area (TPSA) is 57.4 Å². The number of anilines is 1. The van der Waals surface area contributed by atoms with Gasteiger partial charge in [-0.15, -0.1) is 0 Å². The van der Waals surface area contributed by atoms with Crippen LogP contribution in [0.1, 0.15) is 18.2 Å². The van der Waals surface area contributed by atoms with Gasteiger partial charge in [-0.2, -0.15) is 0 Å². The average molecular weight is 244 g/mol. The number of nitrogens with two attached hydrogens (primary N) is 1. The maximum absolute atomic E-state index is 6.23. The fraction of sp³-hybridized carbons (Fsp3) is 0.357. The zero-order valence-corrected chi connectivity index (χ0v) is 10.4. The Bertz CT molecular complexity index is 596. The van der Waals surface area contributed by atoms with Gasteiger partial charge in [-0.3, -0.25) is 4.98 Å². The lowest BCUT2D eigenvalue weighted by Gasteiger charge is -2.19. The van der Waals surface area contributed by atoms with Gasteiger partial charge in [0.15, 0.2) is 0 Å². The van der Waals surface area contributed by atoms with Crippen LogP contribution in [0, 0.1) is 0 Å². The van der Waals surface area contributed by atoms with E-state index in [1.54, 1.807) is 0 Å². The number of nitrogen functional groups attached to an aromatic ring is 1. The molecule has 0 saturated carbocycles. The predicted octanol–water partition coefficient (Wildman–Crippen LogP) is 2.29. The smallest absolute Gasteiger partial charge is 0.120 e. The van der Waals surface area contributed by atoms with Crippen LogP contribution < -0.4 is 10.5 Å².